The molecule has 0 fully saturated rings. The van der Waals surface area contributed by atoms with E-state index in [9.17, 15) is 33.9 Å². The summed E-state index contributed by atoms with van der Waals surface area (Å²) < 4.78 is 10.5. The van der Waals surface area contributed by atoms with E-state index >= 15 is 0 Å². The van der Waals surface area contributed by atoms with Crippen LogP contribution in [0.25, 0.3) is 0 Å². The van der Waals surface area contributed by atoms with Crippen LogP contribution in [0.4, 0.5) is 4.79 Å². The molecule has 0 unspecified atom stereocenters. The highest BCUT2D eigenvalue weighted by atomic mass is 35.5. The lowest BCUT2D eigenvalue weighted by Crippen LogP contribution is -2.55. The van der Waals surface area contributed by atoms with Gasteiger partial charge in [-0.2, -0.15) is 0 Å². The van der Waals surface area contributed by atoms with E-state index in [0.717, 1.165) is 4.90 Å². The molecule has 0 radical (unpaired) electrons. The minimum atomic E-state index is -1.18. The van der Waals surface area contributed by atoms with Crippen molar-refractivity contribution < 1.29 is 43.3 Å². The molecule has 0 saturated carbocycles. The Bertz CT molecular complexity index is 1900. The normalized spacial score (nSPS) is 12.7. The lowest BCUT2D eigenvalue weighted by Gasteiger charge is -2.28. The van der Waals surface area contributed by atoms with Gasteiger partial charge in [-0.15, -0.1) is 0 Å². The first-order valence-electron chi connectivity index (χ1n) is 16.8. The maximum atomic E-state index is 13.5. The molecule has 0 aliphatic heterocycles. The zero-order chi connectivity index (χ0) is 41.9. The number of ether oxygens (including phenoxy) is 2. The highest BCUT2D eigenvalue weighted by molar-refractivity contribution is 6.55. The van der Waals surface area contributed by atoms with Crippen molar-refractivity contribution in [3.05, 3.63) is 90.8 Å². The van der Waals surface area contributed by atoms with Gasteiger partial charge in [0.05, 0.1) is 21.6 Å². The first-order chi connectivity index (χ1) is 26.2. The summed E-state index contributed by atoms with van der Waals surface area (Å²) >= 11 is 30.3. The van der Waals surface area contributed by atoms with Crippen molar-refractivity contribution in [2.45, 2.75) is 64.3 Å². The van der Waals surface area contributed by atoms with Crippen LogP contribution in [0.5, 0.6) is 11.5 Å². The van der Waals surface area contributed by atoms with Crippen molar-refractivity contribution in [3.63, 3.8) is 0 Å². The van der Waals surface area contributed by atoms with Gasteiger partial charge in [0.1, 0.15) is 46.1 Å². The number of hydrogen-bond donors (Lipinski definition) is 5. The minimum Gasteiger partial charge on any atom is -0.508 e. The van der Waals surface area contributed by atoms with Crippen molar-refractivity contribution in [2.24, 2.45) is 0 Å². The molecule has 14 nitrogen and oxygen atoms in total. The molecule has 3 atom stereocenters. The molecular formula is C37H40Cl5N5O9. The van der Waals surface area contributed by atoms with Gasteiger partial charge < -0.3 is 40.7 Å². The SMILES string of the molecule is C[C@@H](NC(=O)[C@H](Cc1ccc(O)cc1)NC(=O)OC(C)(C)C)C(=O)NCC(=O)N(C)[C@@H](Cc1ccccc1)C(=O)NCC(=O)Oc1c(Cl)c(Cl)c(Cl)c(Cl)c1Cl. The number of nitrogens with zero attached hydrogens (tertiary/aromatic N) is 1. The standard InChI is InChI=1S/C37H40Cl5N5O9/c1-19(45-34(52)23(46-36(54)56-37(2,3)4)15-21-11-13-22(48)14-12-21)33(51)43-17-25(49)47(5)24(16-20-9-7-6-8-10-20)35(53)44-18-26(50)55-32-30(41)28(39)27(38)29(40)31(32)42/h6-14,19,23-24,48H,15-18H2,1-5H3,(H,43,51)(H,44,53)(H,45,52)(H,46,54)/t19-,23+,24+/m1/s1. The van der Waals surface area contributed by atoms with Crippen LogP contribution in [-0.2, 0) is 41.6 Å². The van der Waals surface area contributed by atoms with Gasteiger partial charge in [-0.1, -0.05) is 100 Å². The largest absolute Gasteiger partial charge is 0.508 e. The molecule has 3 rings (SSSR count). The monoisotopic (exact) mass is 873 g/mol. The predicted molar refractivity (Wildman–Crippen MR) is 212 cm³/mol. The molecule has 0 saturated heterocycles. The number of hydrogen-bond acceptors (Lipinski definition) is 9. The molecule has 0 spiro atoms. The zero-order valence-electron chi connectivity index (χ0n) is 30.8. The second-order valence-corrected chi connectivity index (χ2v) is 15.2. The van der Waals surface area contributed by atoms with E-state index in [1.54, 1.807) is 63.2 Å². The van der Waals surface area contributed by atoms with Gasteiger partial charge in [-0.05, 0) is 51.0 Å². The molecule has 0 bridgehead atoms. The fraction of sp³-hybridized carbons (Fsp3) is 0.351. The number of rotatable bonds is 15. The fourth-order valence-corrected chi connectivity index (χ4v) is 6.06. The number of phenolic OH excluding ortho intramolecular Hbond substituents is 1. The predicted octanol–water partition coefficient (Wildman–Crippen LogP) is 5.51. The number of carbonyl (C=O) groups excluding carboxylic acids is 6. The average molecular weight is 876 g/mol. The summed E-state index contributed by atoms with van der Waals surface area (Å²) in [5.41, 5.74) is 0.428. The number of amides is 5. The molecule has 302 valence electrons. The van der Waals surface area contributed by atoms with Gasteiger partial charge in [-0.25, -0.2) is 9.59 Å². The number of phenols is 1. The maximum Gasteiger partial charge on any atom is 0.408 e. The van der Waals surface area contributed by atoms with E-state index in [1.165, 1.54) is 26.1 Å². The van der Waals surface area contributed by atoms with Crippen LogP contribution >= 0.6 is 58.0 Å². The van der Waals surface area contributed by atoms with Crippen molar-refractivity contribution in [1.82, 2.24) is 26.2 Å². The molecule has 19 heteroatoms. The van der Waals surface area contributed by atoms with Crippen LogP contribution in [0.15, 0.2) is 54.6 Å². The second-order valence-electron chi connectivity index (χ2n) is 13.3. The number of carbonyl (C=O) groups is 6. The summed E-state index contributed by atoms with van der Waals surface area (Å²) in [7, 11) is 1.35. The Morgan fingerprint density at radius 1 is 0.714 bits per heavy atom. The first kappa shape index (κ1) is 45.9. The summed E-state index contributed by atoms with van der Waals surface area (Å²) in [6, 6.07) is 11.2. The molecular weight excluding hydrogens is 836 g/mol. The minimum absolute atomic E-state index is 0.00309. The molecule has 5 N–H and O–H groups in total. The molecule has 0 heterocycles. The number of halogens is 5. The molecule has 0 aliphatic carbocycles. The Kier molecular flexibility index (Phi) is 16.9. The smallest absolute Gasteiger partial charge is 0.408 e. The van der Waals surface area contributed by atoms with E-state index in [0.29, 0.717) is 11.1 Å². The van der Waals surface area contributed by atoms with Gasteiger partial charge in [0.15, 0.2) is 5.75 Å². The molecule has 3 aromatic rings. The third kappa shape index (κ3) is 13.6. The quantitative estimate of drug-likeness (QED) is 0.0567. The third-order valence-corrected chi connectivity index (χ3v) is 10.0. The summed E-state index contributed by atoms with van der Waals surface area (Å²) in [5, 5.41) is 18.4. The van der Waals surface area contributed by atoms with Crippen LogP contribution < -0.4 is 26.0 Å². The topological polar surface area (TPSA) is 192 Å². The van der Waals surface area contributed by atoms with E-state index in [1.807, 2.05) is 0 Å². The lowest BCUT2D eigenvalue weighted by molar-refractivity contribution is -0.140. The highest BCUT2D eigenvalue weighted by Gasteiger charge is 2.31. The Hall–Kier alpha value is -4.47. The maximum absolute atomic E-state index is 13.5. The molecule has 0 aromatic heterocycles. The second kappa shape index (κ2) is 20.6. The molecule has 5 amide bonds. The first-order valence-corrected chi connectivity index (χ1v) is 18.7. The van der Waals surface area contributed by atoms with Crippen molar-refractivity contribution in [1.29, 1.82) is 0 Å². The van der Waals surface area contributed by atoms with E-state index < -0.39 is 72.5 Å². The lowest BCUT2D eigenvalue weighted by atomic mass is 10.0. The molecule has 3 aromatic carbocycles. The van der Waals surface area contributed by atoms with Crippen molar-refractivity contribution in [2.75, 3.05) is 20.1 Å². The number of nitrogens with one attached hydrogen (secondary N) is 4. The van der Waals surface area contributed by atoms with Gasteiger partial charge >= 0.3 is 12.1 Å². The number of benzene rings is 3. The number of esters is 1. The van der Waals surface area contributed by atoms with Crippen LogP contribution in [0.1, 0.15) is 38.8 Å². The fourth-order valence-electron chi connectivity index (χ4n) is 4.86. The highest BCUT2D eigenvalue weighted by Crippen LogP contribution is 2.48. The van der Waals surface area contributed by atoms with Crippen LogP contribution in [0, 0.1) is 0 Å². The van der Waals surface area contributed by atoms with Crippen LogP contribution in [-0.4, -0.2) is 89.6 Å². The molecule has 56 heavy (non-hydrogen) atoms. The van der Waals surface area contributed by atoms with E-state index in [4.69, 9.17) is 67.5 Å². The van der Waals surface area contributed by atoms with E-state index in [-0.39, 0.29) is 49.5 Å². The van der Waals surface area contributed by atoms with Gasteiger partial charge in [0.2, 0.25) is 23.6 Å². The Morgan fingerprint density at radius 2 is 1.25 bits per heavy atom. The Balaban J connectivity index is 1.66. The van der Waals surface area contributed by atoms with Gasteiger partial charge in [0, 0.05) is 19.9 Å². The Labute approximate surface area is 348 Å². The number of likely N-dealkylation sites (N-methyl/N-ethyl adjacent to an activating group) is 1. The number of aromatic hydroxyl groups is 1. The summed E-state index contributed by atoms with van der Waals surface area (Å²) in [6.45, 7) is 5.10. The summed E-state index contributed by atoms with van der Waals surface area (Å²) in [6.07, 6.45) is -0.840. The van der Waals surface area contributed by atoms with Gasteiger partial charge in [0.25, 0.3) is 0 Å². The van der Waals surface area contributed by atoms with Crippen LogP contribution in [0.3, 0.4) is 0 Å². The van der Waals surface area contributed by atoms with Crippen molar-refractivity contribution >= 4 is 93.7 Å². The third-order valence-electron chi connectivity index (χ3n) is 7.78. The summed E-state index contributed by atoms with van der Waals surface area (Å²) in [5.74, 6) is -4.25. The number of alkyl carbamates (subject to hydrolysis) is 1. The van der Waals surface area contributed by atoms with E-state index in [2.05, 4.69) is 21.3 Å². The van der Waals surface area contributed by atoms with Gasteiger partial charge in [-0.3, -0.25) is 19.2 Å². The van der Waals surface area contributed by atoms with Crippen LogP contribution in [0.2, 0.25) is 25.1 Å². The zero-order valence-corrected chi connectivity index (χ0v) is 34.6. The molecule has 0 aliphatic rings. The van der Waals surface area contributed by atoms with Crippen molar-refractivity contribution in [3.8, 4) is 11.5 Å². The average Bonchev–Trinajstić information content (AvgIpc) is 3.14. The Morgan fingerprint density at radius 3 is 1.82 bits per heavy atom. The summed E-state index contributed by atoms with van der Waals surface area (Å²) in [4.78, 5) is 79.5.